The van der Waals surface area contributed by atoms with Crippen molar-refractivity contribution in [3.05, 3.63) is 47.7 Å². The van der Waals surface area contributed by atoms with E-state index in [1.54, 1.807) is 6.20 Å². The van der Waals surface area contributed by atoms with Gasteiger partial charge < -0.3 is 20.7 Å². The summed E-state index contributed by atoms with van der Waals surface area (Å²) in [6.07, 6.45) is 8.34. The molecule has 0 spiro atoms. The third-order valence-electron chi connectivity index (χ3n) is 5.98. The summed E-state index contributed by atoms with van der Waals surface area (Å²) >= 11 is 0. The minimum atomic E-state index is -0.0545. The van der Waals surface area contributed by atoms with Crippen LogP contribution in [0.5, 0.6) is 0 Å². The van der Waals surface area contributed by atoms with Crippen LogP contribution < -0.4 is 16.0 Å². The molecule has 1 aliphatic carbocycles. The lowest BCUT2D eigenvalue weighted by Crippen LogP contribution is -2.33. The summed E-state index contributed by atoms with van der Waals surface area (Å²) in [5.41, 5.74) is 3.71. The SMILES string of the molecule is CNc1cc(Nc2ccc(C3CCOCC3)cc2)ncc1C(=O)NC1CCCC1. The summed E-state index contributed by atoms with van der Waals surface area (Å²) in [7, 11) is 1.83. The fourth-order valence-corrected chi connectivity index (χ4v) is 4.26. The van der Waals surface area contributed by atoms with Gasteiger partial charge in [-0.3, -0.25) is 4.79 Å². The van der Waals surface area contributed by atoms with Gasteiger partial charge in [0.15, 0.2) is 0 Å². The minimum Gasteiger partial charge on any atom is -0.387 e. The maximum Gasteiger partial charge on any atom is 0.255 e. The molecule has 2 aromatic rings. The van der Waals surface area contributed by atoms with Crippen LogP contribution in [-0.2, 0) is 4.74 Å². The number of pyridine rings is 1. The number of hydrogen-bond acceptors (Lipinski definition) is 5. The third kappa shape index (κ3) is 4.88. The van der Waals surface area contributed by atoms with Crippen LogP contribution in [0.15, 0.2) is 36.5 Å². The van der Waals surface area contributed by atoms with Gasteiger partial charge in [0.1, 0.15) is 5.82 Å². The number of ether oxygens (including phenoxy) is 1. The van der Waals surface area contributed by atoms with E-state index >= 15 is 0 Å². The average Bonchev–Trinajstić information content (AvgIpc) is 3.28. The maximum atomic E-state index is 12.6. The monoisotopic (exact) mass is 394 g/mol. The highest BCUT2D eigenvalue weighted by atomic mass is 16.5. The molecule has 3 N–H and O–H groups in total. The topological polar surface area (TPSA) is 75.3 Å². The lowest BCUT2D eigenvalue weighted by Gasteiger charge is -2.22. The summed E-state index contributed by atoms with van der Waals surface area (Å²) in [6, 6.07) is 10.7. The lowest BCUT2D eigenvalue weighted by molar-refractivity contribution is 0.0853. The second-order valence-corrected chi connectivity index (χ2v) is 7.95. The Bertz CT molecular complexity index is 825. The van der Waals surface area contributed by atoms with E-state index in [9.17, 15) is 4.79 Å². The zero-order chi connectivity index (χ0) is 20.1. The van der Waals surface area contributed by atoms with Gasteiger partial charge in [0.2, 0.25) is 0 Å². The van der Waals surface area contributed by atoms with E-state index in [4.69, 9.17) is 4.74 Å². The van der Waals surface area contributed by atoms with Crippen LogP contribution in [0.4, 0.5) is 17.2 Å². The molecule has 0 atom stereocenters. The summed E-state index contributed by atoms with van der Waals surface area (Å²) in [5, 5.41) is 9.60. The normalized spacial score (nSPS) is 17.8. The van der Waals surface area contributed by atoms with Gasteiger partial charge in [-0.15, -0.1) is 0 Å². The van der Waals surface area contributed by atoms with Gasteiger partial charge in [0.05, 0.1) is 11.3 Å². The van der Waals surface area contributed by atoms with Gasteiger partial charge >= 0.3 is 0 Å². The lowest BCUT2D eigenvalue weighted by atomic mass is 9.92. The van der Waals surface area contributed by atoms with Gasteiger partial charge in [0, 0.05) is 44.3 Å². The first kappa shape index (κ1) is 19.7. The van der Waals surface area contributed by atoms with Crippen molar-refractivity contribution in [3.63, 3.8) is 0 Å². The fourth-order valence-electron chi connectivity index (χ4n) is 4.26. The Morgan fingerprint density at radius 3 is 2.48 bits per heavy atom. The number of aromatic nitrogens is 1. The third-order valence-corrected chi connectivity index (χ3v) is 5.98. The molecule has 154 valence electrons. The number of nitrogens with one attached hydrogen (secondary N) is 3. The van der Waals surface area contributed by atoms with Crippen LogP contribution in [0.1, 0.15) is 60.4 Å². The minimum absolute atomic E-state index is 0.0545. The molecule has 1 aliphatic heterocycles. The molecule has 1 aromatic carbocycles. The number of benzene rings is 1. The van der Waals surface area contributed by atoms with Crippen LogP contribution in [0, 0.1) is 0 Å². The molecule has 2 aliphatic rings. The number of rotatable bonds is 6. The Balaban J connectivity index is 1.42. The van der Waals surface area contributed by atoms with Crippen molar-refractivity contribution < 1.29 is 9.53 Å². The Hall–Kier alpha value is -2.60. The van der Waals surface area contributed by atoms with Crippen LogP contribution >= 0.6 is 0 Å². The molecule has 4 rings (SSSR count). The molecule has 2 heterocycles. The first-order chi connectivity index (χ1) is 14.2. The standard InChI is InChI=1S/C23H30N4O2/c1-24-21-14-22(25-15-20(21)23(28)27-18-4-2-3-5-18)26-19-8-6-16(7-9-19)17-10-12-29-13-11-17/h6-9,14-15,17-18H,2-5,10-13H2,1H3,(H,27,28)(H2,24,25,26). The zero-order valence-corrected chi connectivity index (χ0v) is 17.0. The molecular formula is C23H30N4O2. The van der Waals surface area contributed by atoms with Crippen molar-refractivity contribution >= 4 is 23.1 Å². The Morgan fingerprint density at radius 2 is 1.79 bits per heavy atom. The van der Waals surface area contributed by atoms with Crippen molar-refractivity contribution in [3.8, 4) is 0 Å². The van der Waals surface area contributed by atoms with Gasteiger partial charge in [-0.1, -0.05) is 25.0 Å². The number of amides is 1. The van der Waals surface area contributed by atoms with Crippen molar-refractivity contribution in [1.29, 1.82) is 0 Å². The van der Waals surface area contributed by atoms with E-state index in [1.807, 2.05) is 13.1 Å². The van der Waals surface area contributed by atoms with E-state index in [1.165, 1.54) is 18.4 Å². The quantitative estimate of drug-likeness (QED) is 0.676. The van der Waals surface area contributed by atoms with Crippen molar-refractivity contribution in [1.82, 2.24) is 10.3 Å². The highest BCUT2D eigenvalue weighted by molar-refractivity contribution is 6.00. The van der Waals surface area contributed by atoms with Crippen molar-refractivity contribution in [2.45, 2.75) is 50.5 Å². The van der Waals surface area contributed by atoms with E-state index in [2.05, 4.69) is 45.2 Å². The Kier molecular flexibility index (Phi) is 6.30. The molecule has 0 bridgehead atoms. The van der Waals surface area contributed by atoms with Gasteiger partial charge in [-0.2, -0.15) is 0 Å². The number of carbonyl (C=O) groups excluding carboxylic acids is 1. The van der Waals surface area contributed by atoms with Crippen LogP contribution in [0.25, 0.3) is 0 Å². The Labute approximate surface area is 172 Å². The highest BCUT2D eigenvalue weighted by Crippen LogP contribution is 2.29. The van der Waals surface area contributed by atoms with Crippen LogP contribution in [0.2, 0.25) is 0 Å². The molecule has 0 radical (unpaired) electrons. The molecular weight excluding hydrogens is 364 g/mol. The molecule has 0 unspecified atom stereocenters. The number of nitrogens with zero attached hydrogens (tertiary/aromatic N) is 1. The smallest absolute Gasteiger partial charge is 0.255 e. The zero-order valence-electron chi connectivity index (χ0n) is 17.0. The molecule has 1 aromatic heterocycles. The molecule has 6 nitrogen and oxygen atoms in total. The second kappa shape index (κ2) is 9.27. The number of anilines is 3. The second-order valence-electron chi connectivity index (χ2n) is 7.95. The van der Waals surface area contributed by atoms with Gasteiger partial charge in [0.25, 0.3) is 5.91 Å². The molecule has 6 heteroatoms. The fraction of sp³-hybridized carbons (Fsp3) is 0.478. The Morgan fingerprint density at radius 1 is 1.07 bits per heavy atom. The molecule has 1 saturated heterocycles. The summed E-state index contributed by atoms with van der Waals surface area (Å²) in [4.78, 5) is 17.1. The molecule has 1 saturated carbocycles. The predicted octanol–water partition coefficient (Wildman–Crippen LogP) is 4.43. The summed E-state index contributed by atoms with van der Waals surface area (Å²) in [5.74, 6) is 1.25. The molecule has 1 amide bonds. The van der Waals surface area contributed by atoms with Crippen molar-refractivity contribution in [2.75, 3.05) is 30.9 Å². The van der Waals surface area contributed by atoms with E-state index in [-0.39, 0.29) is 5.91 Å². The first-order valence-electron chi connectivity index (χ1n) is 10.7. The summed E-state index contributed by atoms with van der Waals surface area (Å²) in [6.45, 7) is 1.70. The van der Waals surface area contributed by atoms with Crippen LogP contribution in [-0.4, -0.2) is 37.2 Å². The molecule has 2 fully saturated rings. The summed E-state index contributed by atoms with van der Waals surface area (Å²) < 4.78 is 5.45. The largest absolute Gasteiger partial charge is 0.387 e. The average molecular weight is 395 g/mol. The maximum absolute atomic E-state index is 12.6. The number of hydrogen-bond donors (Lipinski definition) is 3. The van der Waals surface area contributed by atoms with E-state index < -0.39 is 0 Å². The molecule has 29 heavy (non-hydrogen) atoms. The van der Waals surface area contributed by atoms with Gasteiger partial charge in [-0.25, -0.2) is 4.98 Å². The predicted molar refractivity (Wildman–Crippen MR) is 116 cm³/mol. The number of carbonyl (C=O) groups is 1. The van der Waals surface area contributed by atoms with E-state index in [0.29, 0.717) is 23.3 Å². The first-order valence-corrected chi connectivity index (χ1v) is 10.7. The highest BCUT2D eigenvalue weighted by Gasteiger charge is 2.20. The van der Waals surface area contributed by atoms with E-state index in [0.717, 1.165) is 50.3 Å². The van der Waals surface area contributed by atoms with Gasteiger partial charge in [-0.05, 0) is 49.3 Å². The van der Waals surface area contributed by atoms with Crippen molar-refractivity contribution in [2.24, 2.45) is 0 Å². The van der Waals surface area contributed by atoms with Crippen LogP contribution in [0.3, 0.4) is 0 Å².